The van der Waals surface area contributed by atoms with Gasteiger partial charge in [-0.05, 0) is 5.56 Å². The van der Waals surface area contributed by atoms with E-state index in [1.54, 1.807) is 6.34 Å². The van der Waals surface area contributed by atoms with Crippen LogP contribution in [0.5, 0.6) is 0 Å². The molecule has 0 bridgehead atoms. The van der Waals surface area contributed by atoms with E-state index in [0.29, 0.717) is 13.2 Å². The Morgan fingerprint density at radius 2 is 2.20 bits per heavy atom. The van der Waals surface area contributed by atoms with E-state index in [9.17, 15) is 0 Å². The fourth-order valence-electron chi connectivity index (χ4n) is 1.23. The van der Waals surface area contributed by atoms with Crippen molar-refractivity contribution in [3.05, 3.63) is 47.8 Å². The highest BCUT2D eigenvalue weighted by molar-refractivity contribution is 5.57. The van der Waals surface area contributed by atoms with Crippen molar-refractivity contribution in [1.29, 1.82) is 0 Å². The first-order valence-electron chi connectivity index (χ1n) is 4.80. The van der Waals surface area contributed by atoms with Crippen LogP contribution in [0.4, 0.5) is 0 Å². The predicted molar refractivity (Wildman–Crippen MR) is 58.9 cm³/mol. The Morgan fingerprint density at radius 3 is 2.93 bits per heavy atom. The molecule has 1 heterocycles. The lowest BCUT2D eigenvalue weighted by Crippen LogP contribution is -2.22. The Kier molecular flexibility index (Phi) is 3.35. The highest BCUT2D eigenvalue weighted by Gasteiger charge is 1.98. The van der Waals surface area contributed by atoms with Gasteiger partial charge in [-0.1, -0.05) is 30.3 Å². The monoisotopic (exact) mass is 203 g/mol. The Hall–Kier alpha value is -1.81. The molecule has 0 saturated carbocycles. The second-order valence-electron chi connectivity index (χ2n) is 3.18. The average molecular weight is 203 g/mol. The van der Waals surface area contributed by atoms with Gasteiger partial charge < -0.3 is 5.32 Å². The van der Waals surface area contributed by atoms with E-state index in [2.05, 4.69) is 15.8 Å². The zero-order valence-corrected chi connectivity index (χ0v) is 8.31. The molecule has 15 heavy (non-hydrogen) atoms. The lowest BCUT2D eigenvalue weighted by atomic mass is 10.2. The molecule has 2 rings (SSSR count). The normalized spacial score (nSPS) is 14.3. The minimum atomic E-state index is 0.544. The molecule has 1 aliphatic heterocycles. The molecule has 0 radical (unpaired) electrons. The molecule has 1 aromatic carbocycles. The molecule has 4 nitrogen and oxygen atoms in total. The minimum Gasteiger partial charge on any atom is -0.351 e. The summed E-state index contributed by atoms with van der Waals surface area (Å²) in [6.45, 7) is 1.17. The number of hydroxylamine groups is 1. The molecule has 2 N–H and O–H groups in total. The molecular formula is C11H13N3O. The number of benzene rings is 1. The van der Waals surface area contributed by atoms with Crippen molar-refractivity contribution < 1.29 is 4.84 Å². The summed E-state index contributed by atoms with van der Waals surface area (Å²) in [7, 11) is 0. The van der Waals surface area contributed by atoms with E-state index in [4.69, 9.17) is 4.84 Å². The van der Waals surface area contributed by atoms with Gasteiger partial charge in [0, 0.05) is 6.20 Å². The van der Waals surface area contributed by atoms with Crippen molar-refractivity contribution in [2.75, 3.05) is 6.54 Å². The lowest BCUT2D eigenvalue weighted by molar-refractivity contribution is 0.0481. The first-order chi connectivity index (χ1) is 7.45. The molecule has 4 heteroatoms. The van der Waals surface area contributed by atoms with E-state index in [-0.39, 0.29) is 0 Å². The third-order valence-corrected chi connectivity index (χ3v) is 1.97. The van der Waals surface area contributed by atoms with Crippen molar-refractivity contribution in [2.45, 2.75) is 6.61 Å². The Bertz CT molecular complexity index is 359. The van der Waals surface area contributed by atoms with Gasteiger partial charge >= 0.3 is 0 Å². The summed E-state index contributed by atoms with van der Waals surface area (Å²) < 4.78 is 0. The smallest absolute Gasteiger partial charge is 0.0996 e. The van der Waals surface area contributed by atoms with Gasteiger partial charge in [0.1, 0.15) is 0 Å². The molecule has 78 valence electrons. The second-order valence-corrected chi connectivity index (χ2v) is 3.18. The standard InChI is InChI=1S/C11H13N3O/c1-2-4-10(5-3-1)8-15-14-11-6-12-9-13-7-11/h1-6,9,14H,7-8H2,(H,12,13). The van der Waals surface area contributed by atoms with Gasteiger partial charge in [-0.2, -0.15) is 0 Å². The fraction of sp³-hybridized carbons (Fsp3) is 0.182. The summed E-state index contributed by atoms with van der Waals surface area (Å²) in [5, 5.41) is 2.89. The Labute approximate surface area is 88.6 Å². The minimum absolute atomic E-state index is 0.544. The van der Waals surface area contributed by atoms with Crippen LogP contribution in [-0.2, 0) is 11.4 Å². The topological polar surface area (TPSA) is 45.7 Å². The zero-order chi connectivity index (χ0) is 10.3. The molecule has 0 saturated heterocycles. The zero-order valence-electron chi connectivity index (χ0n) is 8.31. The van der Waals surface area contributed by atoms with E-state index < -0.39 is 0 Å². The lowest BCUT2D eigenvalue weighted by Gasteiger charge is -2.11. The molecule has 1 aliphatic rings. The summed E-state index contributed by atoms with van der Waals surface area (Å²) in [5.74, 6) is 0. The molecule has 0 unspecified atom stereocenters. The number of aliphatic imine (C=N–C) groups is 1. The van der Waals surface area contributed by atoms with Crippen molar-refractivity contribution in [1.82, 2.24) is 10.8 Å². The summed E-state index contributed by atoms with van der Waals surface area (Å²) in [6.07, 6.45) is 3.49. The van der Waals surface area contributed by atoms with Crippen LogP contribution in [0, 0.1) is 0 Å². The first kappa shape index (κ1) is 9.73. The molecule has 0 aliphatic carbocycles. The summed E-state index contributed by atoms with van der Waals surface area (Å²) in [6, 6.07) is 10.0. The van der Waals surface area contributed by atoms with Crippen molar-refractivity contribution >= 4 is 6.34 Å². The number of hydrogen-bond donors (Lipinski definition) is 2. The van der Waals surface area contributed by atoms with Crippen LogP contribution >= 0.6 is 0 Å². The molecule has 0 atom stereocenters. The predicted octanol–water partition coefficient (Wildman–Crippen LogP) is 1.18. The highest BCUT2D eigenvalue weighted by atomic mass is 16.6. The van der Waals surface area contributed by atoms with E-state index in [1.165, 1.54) is 0 Å². The van der Waals surface area contributed by atoms with Crippen LogP contribution in [0.25, 0.3) is 0 Å². The third kappa shape index (κ3) is 3.11. The van der Waals surface area contributed by atoms with Gasteiger partial charge in [0.2, 0.25) is 0 Å². The average Bonchev–Trinajstić information content (AvgIpc) is 2.32. The van der Waals surface area contributed by atoms with Gasteiger partial charge in [0.05, 0.1) is 25.2 Å². The molecular weight excluding hydrogens is 190 g/mol. The fourth-order valence-corrected chi connectivity index (χ4v) is 1.23. The third-order valence-electron chi connectivity index (χ3n) is 1.97. The van der Waals surface area contributed by atoms with E-state index >= 15 is 0 Å². The van der Waals surface area contributed by atoms with Crippen molar-refractivity contribution in [3.8, 4) is 0 Å². The Balaban J connectivity index is 1.73. The summed E-state index contributed by atoms with van der Waals surface area (Å²) >= 11 is 0. The van der Waals surface area contributed by atoms with Gasteiger partial charge in [0.25, 0.3) is 0 Å². The van der Waals surface area contributed by atoms with Gasteiger partial charge in [-0.15, -0.1) is 0 Å². The highest BCUT2D eigenvalue weighted by Crippen LogP contribution is 2.00. The summed E-state index contributed by atoms with van der Waals surface area (Å²) in [4.78, 5) is 9.36. The van der Waals surface area contributed by atoms with Crippen molar-refractivity contribution in [2.24, 2.45) is 4.99 Å². The van der Waals surface area contributed by atoms with Gasteiger partial charge in [0.15, 0.2) is 0 Å². The number of nitrogens with zero attached hydrogens (tertiary/aromatic N) is 1. The van der Waals surface area contributed by atoms with E-state index in [1.807, 2.05) is 36.5 Å². The van der Waals surface area contributed by atoms with E-state index in [0.717, 1.165) is 11.3 Å². The number of nitrogens with one attached hydrogen (secondary N) is 2. The number of rotatable bonds is 4. The van der Waals surface area contributed by atoms with Gasteiger partial charge in [-0.25, -0.2) is 0 Å². The second kappa shape index (κ2) is 5.17. The van der Waals surface area contributed by atoms with Crippen LogP contribution in [-0.4, -0.2) is 12.9 Å². The quantitative estimate of drug-likeness (QED) is 0.722. The van der Waals surface area contributed by atoms with Crippen LogP contribution in [0.2, 0.25) is 0 Å². The Morgan fingerprint density at radius 1 is 1.33 bits per heavy atom. The molecule has 0 spiro atoms. The molecule has 0 amide bonds. The van der Waals surface area contributed by atoms with Gasteiger partial charge in [-0.3, -0.25) is 15.3 Å². The maximum absolute atomic E-state index is 5.33. The largest absolute Gasteiger partial charge is 0.351 e. The molecule has 0 aromatic heterocycles. The molecule has 0 fully saturated rings. The van der Waals surface area contributed by atoms with Crippen LogP contribution in [0.15, 0.2) is 47.2 Å². The van der Waals surface area contributed by atoms with Crippen LogP contribution in [0.3, 0.4) is 0 Å². The number of hydrogen-bond acceptors (Lipinski definition) is 4. The van der Waals surface area contributed by atoms with Crippen LogP contribution < -0.4 is 10.8 Å². The first-order valence-corrected chi connectivity index (χ1v) is 4.80. The summed E-state index contributed by atoms with van der Waals surface area (Å²) in [5.41, 5.74) is 4.92. The maximum atomic E-state index is 5.33. The SMILES string of the molecule is C1=NCC(NOCc2ccccc2)=CN1. The maximum Gasteiger partial charge on any atom is 0.0996 e. The molecule has 1 aromatic rings. The van der Waals surface area contributed by atoms with Crippen LogP contribution in [0.1, 0.15) is 5.56 Å². The van der Waals surface area contributed by atoms with Crippen molar-refractivity contribution in [3.63, 3.8) is 0 Å².